The van der Waals surface area contributed by atoms with E-state index in [-0.39, 0.29) is 11.7 Å². The summed E-state index contributed by atoms with van der Waals surface area (Å²) in [6.45, 7) is 3.35. The maximum absolute atomic E-state index is 12.4. The van der Waals surface area contributed by atoms with Crippen LogP contribution in [0.5, 0.6) is 0 Å². The summed E-state index contributed by atoms with van der Waals surface area (Å²) in [4.78, 5) is 19.4. The molecule has 1 amide bonds. The van der Waals surface area contributed by atoms with Gasteiger partial charge in [0, 0.05) is 24.9 Å². The molecular weight excluding hydrogens is 268 g/mol. The largest absolute Gasteiger partial charge is 0.510 e. The van der Waals surface area contributed by atoms with Crippen molar-refractivity contribution in [1.82, 2.24) is 5.06 Å². The van der Waals surface area contributed by atoms with E-state index >= 15 is 0 Å². The van der Waals surface area contributed by atoms with Crippen molar-refractivity contribution >= 4 is 11.6 Å². The number of hydrogen-bond donors (Lipinski definition) is 1. The number of anilines is 1. The van der Waals surface area contributed by atoms with E-state index in [0.29, 0.717) is 25.9 Å². The van der Waals surface area contributed by atoms with Crippen LogP contribution >= 0.6 is 0 Å². The fraction of sp³-hybridized carbons (Fsp3) is 0.438. The number of aliphatic hydroxyl groups excluding tert-OH is 1. The molecule has 3 rings (SSSR count). The molecule has 112 valence electrons. The number of para-hydroxylation sites is 1. The number of hydroxylamine groups is 2. The molecule has 0 atom stereocenters. The predicted octanol–water partition coefficient (Wildman–Crippen LogP) is 2.18. The number of piperidine rings is 1. The summed E-state index contributed by atoms with van der Waals surface area (Å²) >= 11 is 0. The number of nitrogens with zero attached hydrogens (tertiary/aromatic N) is 2. The van der Waals surface area contributed by atoms with Crippen LogP contribution in [-0.4, -0.2) is 41.8 Å². The van der Waals surface area contributed by atoms with Crippen LogP contribution in [0.4, 0.5) is 5.69 Å². The molecule has 2 heterocycles. The lowest BCUT2D eigenvalue weighted by molar-refractivity contribution is -0.150. The Morgan fingerprint density at radius 2 is 1.90 bits per heavy atom. The first-order chi connectivity index (χ1) is 10.1. The lowest BCUT2D eigenvalue weighted by Crippen LogP contribution is -2.55. The molecule has 0 radical (unpaired) electrons. The Balaban J connectivity index is 1.99. The van der Waals surface area contributed by atoms with Crippen LogP contribution in [0, 0.1) is 6.92 Å². The molecule has 0 aliphatic carbocycles. The van der Waals surface area contributed by atoms with Crippen LogP contribution in [0.2, 0.25) is 0 Å². The molecule has 2 aliphatic rings. The Hall–Kier alpha value is -1.85. The SMILES string of the molecule is CON1CCC2(CC1)C(O)=CC(=O)N2c1ccccc1C. The van der Waals surface area contributed by atoms with Crippen LogP contribution in [-0.2, 0) is 9.63 Å². The van der Waals surface area contributed by atoms with Gasteiger partial charge in [-0.15, -0.1) is 0 Å². The van der Waals surface area contributed by atoms with E-state index in [9.17, 15) is 9.90 Å². The van der Waals surface area contributed by atoms with Gasteiger partial charge in [-0.05, 0) is 31.4 Å². The highest BCUT2D eigenvalue weighted by atomic mass is 16.7. The minimum Gasteiger partial charge on any atom is -0.510 e. The molecule has 1 fully saturated rings. The van der Waals surface area contributed by atoms with Crippen molar-refractivity contribution in [3.05, 3.63) is 41.7 Å². The van der Waals surface area contributed by atoms with Gasteiger partial charge in [-0.1, -0.05) is 18.2 Å². The molecule has 21 heavy (non-hydrogen) atoms. The van der Waals surface area contributed by atoms with Crippen LogP contribution in [0.25, 0.3) is 0 Å². The van der Waals surface area contributed by atoms with Crippen LogP contribution in [0.1, 0.15) is 18.4 Å². The van der Waals surface area contributed by atoms with Crippen LogP contribution in [0.15, 0.2) is 36.1 Å². The Bertz CT molecular complexity index is 589. The third-order valence-corrected chi connectivity index (χ3v) is 4.55. The monoisotopic (exact) mass is 288 g/mol. The first kappa shape index (κ1) is 14.1. The molecule has 1 aromatic rings. The fourth-order valence-electron chi connectivity index (χ4n) is 3.32. The molecule has 1 aromatic carbocycles. The second kappa shape index (κ2) is 5.16. The molecular formula is C16H20N2O3. The van der Waals surface area contributed by atoms with Gasteiger partial charge >= 0.3 is 0 Å². The Labute approximate surface area is 124 Å². The highest BCUT2D eigenvalue weighted by Crippen LogP contribution is 2.42. The Kier molecular flexibility index (Phi) is 3.47. The van der Waals surface area contributed by atoms with E-state index in [4.69, 9.17) is 4.84 Å². The molecule has 0 unspecified atom stereocenters. The molecule has 1 spiro atoms. The molecule has 2 aliphatic heterocycles. The van der Waals surface area contributed by atoms with E-state index in [1.807, 2.05) is 36.3 Å². The summed E-state index contributed by atoms with van der Waals surface area (Å²) in [6, 6.07) is 7.79. The zero-order valence-corrected chi connectivity index (χ0v) is 12.4. The summed E-state index contributed by atoms with van der Waals surface area (Å²) in [5.74, 6) is 0.0270. The minimum atomic E-state index is -0.627. The number of aryl methyl sites for hydroxylation is 1. The Morgan fingerprint density at radius 1 is 1.24 bits per heavy atom. The molecule has 5 nitrogen and oxygen atoms in total. The maximum Gasteiger partial charge on any atom is 0.255 e. The number of hydrogen-bond acceptors (Lipinski definition) is 4. The molecule has 5 heteroatoms. The number of carbonyl (C=O) groups is 1. The number of carbonyl (C=O) groups excluding carboxylic acids is 1. The second-order valence-electron chi connectivity index (χ2n) is 5.63. The number of aliphatic hydroxyl groups is 1. The second-order valence-corrected chi connectivity index (χ2v) is 5.63. The summed E-state index contributed by atoms with van der Waals surface area (Å²) in [6.07, 6.45) is 2.67. The lowest BCUT2D eigenvalue weighted by Gasteiger charge is -2.44. The smallest absolute Gasteiger partial charge is 0.255 e. The van der Waals surface area contributed by atoms with Gasteiger partial charge in [-0.25, -0.2) is 0 Å². The van der Waals surface area contributed by atoms with E-state index < -0.39 is 5.54 Å². The van der Waals surface area contributed by atoms with Gasteiger partial charge in [0.1, 0.15) is 11.3 Å². The van der Waals surface area contributed by atoms with E-state index in [1.54, 1.807) is 12.0 Å². The van der Waals surface area contributed by atoms with Crippen molar-refractivity contribution in [2.24, 2.45) is 0 Å². The highest BCUT2D eigenvalue weighted by molar-refractivity contribution is 6.07. The number of amides is 1. The minimum absolute atomic E-state index is 0.146. The molecule has 0 bridgehead atoms. The molecule has 1 saturated heterocycles. The van der Waals surface area contributed by atoms with Crippen molar-refractivity contribution in [3.63, 3.8) is 0 Å². The lowest BCUT2D eigenvalue weighted by atomic mass is 9.85. The Morgan fingerprint density at radius 3 is 2.52 bits per heavy atom. The standard InChI is InChI=1S/C16H20N2O3/c1-12-5-3-4-6-13(12)18-15(20)11-14(19)16(18)7-9-17(21-2)10-8-16/h3-6,11,19H,7-10H2,1-2H3. The predicted molar refractivity (Wildman–Crippen MR) is 79.9 cm³/mol. The summed E-state index contributed by atoms with van der Waals surface area (Å²) < 4.78 is 0. The fourth-order valence-corrected chi connectivity index (χ4v) is 3.32. The molecule has 0 aromatic heterocycles. The summed E-state index contributed by atoms with van der Waals surface area (Å²) in [7, 11) is 1.65. The zero-order valence-electron chi connectivity index (χ0n) is 12.4. The normalized spacial score (nSPS) is 21.9. The number of benzene rings is 1. The van der Waals surface area contributed by atoms with Gasteiger partial charge in [0.2, 0.25) is 0 Å². The number of rotatable bonds is 2. The first-order valence-corrected chi connectivity index (χ1v) is 7.18. The molecule has 0 saturated carbocycles. The van der Waals surface area contributed by atoms with Crippen molar-refractivity contribution in [2.75, 3.05) is 25.1 Å². The highest BCUT2D eigenvalue weighted by Gasteiger charge is 2.50. The van der Waals surface area contributed by atoms with Crippen molar-refractivity contribution in [3.8, 4) is 0 Å². The van der Waals surface area contributed by atoms with Crippen molar-refractivity contribution in [1.29, 1.82) is 0 Å². The average Bonchev–Trinajstić information content (AvgIpc) is 2.72. The van der Waals surface area contributed by atoms with Gasteiger partial charge in [0.05, 0.1) is 7.11 Å². The zero-order chi connectivity index (χ0) is 15.0. The van der Waals surface area contributed by atoms with Crippen LogP contribution < -0.4 is 4.90 Å². The third-order valence-electron chi connectivity index (χ3n) is 4.55. The van der Waals surface area contributed by atoms with Gasteiger partial charge < -0.3 is 9.94 Å². The topological polar surface area (TPSA) is 53.0 Å². The van der Waals surface area contributed by atoms with Gasteiger partial charge in [0.25, 0.3) is 5.91 Å². The van der Waals surface area contributed by atoms with Gasteiger partial charge in [-0.3, -0.25) is 9.69 Å². The molecule has 1 N–H and O–H groups in total. The quantitative estimate of drug-likeness (QED) is 0.906. The summed E-state index contributed by atoms with van der Waals surface area (Å²) in [5, 5.41) is 12.3. The van der Waals surface area contributed by atoms with Crippen molar-refractivity contribution < 1.29 is 14.7 Å². The van der Waals surface area contributed by atoms with Crippen molar-refractivity contribution in [2.45, 2.75) is 25.3 Å². The summed E-state index contributed by atoms with van der Waals surface area (Å²) in [5.41, 5.74) is 1.27. The maximum atomic E-state index is 12.4. The average molecular weight is 288 g/mol. The van der Waals surface area contributed by atoms with Crippen LogP contribution in [0.3, 0.4) is 0 Å². The first-order valence-electron chi connectivity index (χ1n) is 7.18. The van der Waals surface area contributed by atoms with E-state index in [0.717, 1.165) is 11.3 Å². The van der Waals surface area contributed by atoms with E-state index in [2.05, 4.69) is 0 Å². The van der Waals surface area contributed by atoms with Gasteiger partial charge in [0.15, 0.2) is 0 Å². The third kappa shape index (κ3) is 2.13. The van der Waals surface area contributed by atoms with E-state index in [1.165, 1.54) is 6.08 Å². The van der Waals surface area contributed by atoms with Gasteiger partial charge in [-0.2, -0.15) is 5.06 Å².